The Morgan fingerprint density at radius 3 is 2.37 bits per heavy atom. The summed E-state index contributed by atoms with van der Waals surface area (Å²) in [7, 11) is 2.99. The summed E-state index contributed by atoms with van der Waals surface area (Å²) in [6, 6.07) is 19.2. The minimum atomic E-state index is -0.610. The van der Waals surface area contributed by atoms with E-state index in [2.05, 4.69) is 5.32 Å². The number of hydrogen-bond acceptors (Lipinski definition) is 3. The zero-order chi connectivity index (χ0) is 24.4. The summed E-state index contributed by atoms with van der Waals surface area (Å²) in [5, 5.41) is 3.66. The molecule has 0 aliphatic carbocycles. The Kier molecular flexibility index (Phi) is 4.54. The Bertz CT molecular complexity index is 1780. The predicted octanol–water partition coefficient (Wildman–Crippen LogP) is 4.49. The maximum atomic E-state index is 15.3. The van der Waals surface area contributed by atoms with Crippen molar-refractivity contribution in [2.24, 2.45) is 14.1 Å². The lowest BCUT2D eigenvalue weighted by Gasteiger charge is -2.31. The minimum Gasteiger partial charge on any atom is -0.371 e. The fraction of sp³-hybridized carbons (Fsp3) is 0.111. The minimum absolute atomic E-state index is 0.217. The van der Waals surface area contributed by atoms with Crippen LogP contribution in [-0.4, -0.2) is 13.7 Å². The van der Waals surface area contributed by atoms with E-state index in [4.69, 9.17) is 0 Å². The number of hydrogen-bond donors (Lipinski definition) is 1. The first kappa shape index (κ1) is 21.1. The average molecular weight is 470 g/mol. The van der Waals surface area contributed by atoms with Crippen molar-refractivity contribution in [1.29, 1.82) is 0 Å². The van der Waals surface area contributed by atoms with Crippen molar-refractivity contribution < 1.29 is 8.78 Å². The topological polar surface area (TPSA) is 61.0 Å². The lowest BCUT2D eigenvalue weighted by molar-refractivity contribution is 0.623. The molecule has 6 nitrogen and oxygen atoms in total. The van der Waals surface area contributed by atoms with Crippen molar-refractivity contribution in [1.82, 2.24) is 13.7 Å². The van der Waals surface area contributed by atoms with E-state index in [1.807, 2.05) is 28.8 Å². The summed E-state index contributed by atoms with van der Waals surface area (Å²) in [5.41, 5.74) is 2.49. The monoisotopic (exact) mass is 470 g/mol. The van der Waals surface area contributed by atoms with Crippen LogP contribution in [0.1, 0.15) is 17.3 Å². The lowest BCUT2D eigenvalue weighted by Crippen LogP contribution is -2.37. The third kappa shape index (κ3) is 2.92. The van der Waals surface area contributed by atoms with Gasteiger partial charge >= 0.3 is 5.69 Å². The van der Waals surface area contributed by atoms with E-state index in [0.29, 0.717) is 28.2 Å². The Hall–Kier alpha value is -4.46. The highest BCUT2D eigenvalue weighted by molar-refractivity contribution is 5.99. The van der Waals surface area contributed by atoms with Gasteiger partial charge in [0, 0.05) is 19.7 Å². The molecule has 6 rings (SSSR count). The SMILES string of the molecule is Cn1c(=O)c2c(-c3ccccc3F)n3c(c2n(C)c1=O)[C@H](c1cccc(F)c1)Nc1ccccc1-3. The van der Waals surface area contributed by atoms with Gasteiger partial charge in [-0.1, -0.05) is 36.4 Å². The fourth-order valence-corrected chi connectivity index (χ4v) is 5.06. The zero-order valence-electron chi connectivity index (χ0n) is 18.9. The summed E-state index contributed by atoms with van der Waals surface area (Å²) >= 11 is 0. The molecule has 35 heavy (non-hydrogen) atoms. The van der Waals surface area contributed by atoms with Crippen LogP contribution < -0.4 is 16.6 Å². The summed E-state index contributed by atoms with van der Waals surface area (Å²) in [6.45, 7) is 0. The molecule has 1 aliphatic rings. The van der Waals surface area contributed by atoms with Gasteiger partial charge in [-0.15, -0.1) is 0 Å². The fourth-order valence-electron chi connectivity index (χ4n) is 5.06. The zero-order valence-corrected chi connectivity index (χ0v) is 18.9. The molecule has 2 aromatic heterocycles. The van der Waals surface area contributed by atoms with Crippen molar-refractivity contribution in [3.63, 3.8) is 0 Å². The number of aryl methyl sites for hydroxylation is 1. The van der Waals surface area contributed by atoms with Gasteiger partial charge in [-0.3, -0.25) is 13.9 Å². The van der Waals surface area contributed by atoms with Gasteiger partial charge in [0.15, 0.2) is 0 Å². The molecular formula is C27H20F2N4O2. The van der Waals surface area contributed by atoms with Crippen molar-refractivity contribution in [3.8, 4) is 16.9 Å². The van der Waals surface area contributed by atoms with Gasteiger partial charge in [-0.25, -0.2) is 13.6 Å². The van der Waals surface area contributed by atoms with Gasteiger partial charge in [0.2, 0.25) is 0 Å². The first-order valence-electron chi connectivity index (χ1n) is 11.1. The summed E-state index contributed by atoms with van der Waals surface area (Å²) in [4.78, 5) is 26.6. The smallest absolute Gasteiger partial charge is 0.331 e. The molecule has 0 radical (unpaired) electrons. The van der Waals surface area contributed by atoms with Crippen molar-refractivity contribution in [3.05, 3.63) is 117 Å². The van der Waals surface area contributed by atoms with Crippen LogP contribution in [0.15, 0.2) is 82.4 Å². The van der Waals surface area contributed by atoms with Crippen LogP contribution >= 0.6 is 0 Å². The van der Waals surface area contributed by atoms with E-state index >= 15 is 4.39 Å². The Balaban J connectivity index is 1.89. The number of nitrogens with zero attached hydrogens (tertiary/aromatic N) is 3. The van der Waals surface area contributed by atoms with Gasteiger partial charge < -0.3 is 9.88 Å². The summed E-state index contributed by atoms with van der Waals surface area (Å²) in [5.74, 6) is -0.909. The number of nitrogens with one attached hydrogen (secondary N) is 1. The van der Waals surface area contributed by atoms with Gasteiger partial charge in [-0.05, 0) is 42.0 Å². The molecular weight excluding hydrogens is 450 g/mol. The lowest BCUT2D eigenvalue weighted by atomic mass is 9.99. The molecule has 3 heterocycles. The number of halogens is 2. The molecule has 0 fully saturated rings. The Morgan fingerprint density at radius 2 is 1.60 bits per heavy atom. The van der Waals surface area contributed by atoms with E-state index in [0.717, 1.165) is 10.3 Å². The maximum Gasteiger partial charge on any atom is 0.331 e. The Morgan fingerprint density at radius 1 is 0.857 bits per heavy atom. The van der Waals surface area contributed by atoms with E-state index < -0.39 is 28.9 Å². The van der Waals surface area contributed by atoms with E-state index in [1.165, 1.54) is 29.8 Å². The number of aromatic nitrogens is 3. The molecule has 0 amide bonds. The van der Waals surface area contributed by atoms with E-state index in [-0.39, 0.29) is 10.9 Å². The predicted molar refractivity (Wildman–Crippen MR) is 131 cm³/mol. The molecule has 1 atom stereocenters. The quantitative estimate of drug-likeness (QED) is 0.414. The third-order valence-corrected chi connectivity index (χ3v) is 6.64. The molecule has 1 aliphatic heterocycles. The first-order valence-corrected chi connectivity index (χ1v) is 11.1. The maximum absolute atomic E-state index is 15.3. The number of para-hydroxylation sites is 2. The molecule has 0 bridgehead atoms. The summed E-state index contributed by atoms with van der Waals surface area (Å²) in [6.07, 6.45) is 0. The van der Waals surface area contributed by atoms with Gasteiger partial charge in [0.25, 0.3) is 5.56 Å². The molecule has 0 spiro atoms. The summed E-state index contributed by atoms with van der Waals surface area (Å²) < 4.78 is 33.8. The number of anilines is 1. The number of rotatable bonds is 2. The number of benzene rings is 3. The number of fused-ring (bicyclic) bond motifs is 5. The highest BCUT2D eigenvalue weighted by Crippen LogP contribution is 2.45. The molecule has 3 aromatic carbocycles. The highest BCUT2D eigenvalue weighted by atomic mass is 19.1. The molecule has 8 heteroatoms. The molecule has 0 saturated heterocycles. The normalized spacial score (nSPS) is 14.5. The van der Waals surface area contributed by atoms with Crippen molar-refractivity contribution in [2.45, 2.75) is 6.04 Å². The van der Waals surface area contributed by atoms with Crippen molar-refractivity contribution >= 4 is 16.6 Å². The largest absolute Gasteiger partial charge is 0.371 e. The van der Waals surface area contributed by atoms with Crippen LogP contribution in [0, 0.1) is 11.6 Å². The molecule has 1 N–H and O–H groups in total. The highest BCUT2D eigenvalue weighted by Gasteiger charge is 2.35. The van der Waals surface area contributed by atoms with Crippen LogP contribution in [0.2, 0.25) is 0 Å². The third-order valence-electron chi connectivity index (χ3n) is 6.64. The molecule has 0 saturated carbocycles. The second-order valence-electron chi connectivity index (χ2n) is 8.63. The molecule has 5 aromatic rings. The Labute approximate surface area is 198 Å². The van der Waals surface area contributed by atoms with Gasteiger partial charge in [0.1, 0.15) is 11.6 Å². The van der Waals surface area contributed by atoms with Crippen LogP contribution in [-0.2, 0) is 14.1 Å². The second kappa shape index (κ2) is 7.53. The second-order valence-corrected chi connectivity index (χ2v) is 8.63. The first-order chi connectivity index (χ1) is 16.9. The standard InChI is InChI=1S/C27H20F2N4O2/c1-31-24-21(26(34)32(2)27(31)35)23(17-10-3-4-11-18(17)29)33-20-13-6-5-12-19(20)30-22(25(24)33)15-8-7-9-16(28)14-15/h3-14,22,30H,1-2H3/t22-/m0/s1. The van der Waals surface area contributed by atoms with Crippen molar-refractivity contribution in [2.75, 3.05) is 5.32 Å². The van der Waals surface area contributed by atoms with Crippen LogP contribution in [0.5, 0.6) is 0 Å². The van der Waals surface area contributed by atoms with Gasteiger partial charge in [-0.2, -0.15) is 0 Å². The average Bonchev–Trinajstić information content (AvgIpc) is 3.22. The van der Waals surface area contributed by atoms with E-state index in [9.17, 15) is 14.0 Å². The molecule has 0 unspecified atom stereocenters. The van der Waals surface area contributed by atoms with Crippen LogP contribution in [0.4, 0.5) is 14.5 Å². The molecule has 174 valence electrons. The van der Waals surface area contributed by atoms with E-state index in [1.54, 1.807) is 37.4 Å². The van der Waals surface area contributed by atoms with Crippen LogP contribution in [0.3, 0.4) is 0 Å². The van der Waals surface area contributed by atoms with Crippen LogP contribution in [0.25, 0.3) is 27.8 Å². The van der Waals surface area contributed by atoms with Gasteiger partial charge in [0.05, 0.1) is 39.7 Å².